The van der Waals surface area contributed by atoms with Crippen LogP contribution in [0.3, 0.4) is 0 Å². The fourth-order valence-electron chi connectivity index (χ4n) is 6.40. The Balaban J connectivity index is 1.57. The maximum atomic E-state index is 10.5. The predicted octanol–water partition coefficient (Wildman–Crippen LogP) is 4.02. The molecule has 2 bridgehead atoms. The van der Waals surface area contributed by atoms with E-state index in [9.17, 15) is 5.11 Å². The number of nitrogens with zero attached hydrogens (tertiary/aromatic N) is 1. The quantitative estimate of drug-likeness (QED) is 0.828. The van der Waals surface area contributed by atoms with E-state index in [1.807, 2.05) is 0 Å². The highest BCUT2D eigenvalue weighted by atomic mass is 16.3. The molecule has 4 aliphatic carbocycles. The first-order valence-electron chi connectivity index (χ1n) is 8.85. The van der Waals surface area contributed by atoms with Gasteiger partial charge in [-0.25, -0.2) is 0 Å². The summed E-state index contributed by atoms with van der Waals surface area (Å²) in [6.07, 6.45) is 6.28. The van der Waals surface area contributed by atoms with E-state index < -0.39 is 0 Å². The maximum Gasteiger partial charge on any atom is 0.0812 e. The first-order chi connectivity index (χ1) is 9.96. The third kappa shape index (κ3) is 1.58. The molecular weight excluding hydrogens is 258 g/mol. The summed E-state index contributed by atoms with van der Waals surface area (Å²) in [5.41, 5.74) is 4.34. The van der Waals surface area contributed by atoms with Crippen molar-refractivity contribution in [1.82, 2.24) is 4.57 Å². The number of rotatable bonds is 1. The summed E-state index contributed by atoms with van der Waals surface area (Å²) in [6, 6.07) is 3.06. The lowest BCUT2D eigenvalue weighted by Gasteiger charge is -2.34. The molecule has 3 saturated carbocycles. The van der Waals surface area contributed by atoms with Crippen LogP contribution in [0.1, 0.15) is 68.6 Å². The van der Waals surface area contributed by atoms with Gasteiger partial charge in [0.25, 0.3) is 0 Å². The van der Waals surface area contributed by atoms with E-state index in [0.29, 0.717) is 0 Å². The van der Waals surface area contributed by atoms with Crippen molar-refractivity contribution in [2.45, 2.75) is 65.0 Å². The second-order valence-electron chi connectivity index (χ2n) is 9.10. The van der Waals surface area contributed by atoms with Crippen LogP contribution in [-0.2, 0) is 6.42 Å². The van der Waals surface area contributed by atoms with Crippen molar-refractivity contribution in [2.75, 3.05) is 0 Å². The van der Waals surface area contributed by atoms with Crippen LogP contribution >= 0.6 is 0 Å². The number of hydrogen-bond donors (Lipinski definition) is 1. The van der Waals surface area contributed by atoms with Crippen molar-refractivity contribution < 1.29 is 5.11 Å². The molecule has 1 aromatic rings. The van der Waals surface area contributed by atoms with Crippen LogP contribution in [0.5, 0.6) is 0 Å². The normalized spacial score (nSPS) is 45.5. The number of fused-ring (bicyclic) bond motifs is 6. The van der Waals surface area contributed by atoms with Gasteiger partial charge in [-0.15, -0.1) is 0 Å². The first kappa shape index (κ1) is 12.8. The summed E-state index contributed by atoms with van der Waals surface area (Å²) in [7, 11) is 0. The zero-order chi connectivity index (χ0) is 14.5. The second kappa shape index (κ2) is 3.76. The summed E-state index contributed by atoms with van der Waals surface area (Å²) in [6.45, 7) is 6.88. The minimum Gasteiger partial charge on any atom is -0.388 e. The Morgan fingerprint density at radius 1 is 1.19 bits per heavy atom. The molecule has 5 atom stereocenters. The van der Waals surface area contributed by atoms with Crippen LogP contribution in [-0.4, -0.2) is 9.67 Å². The summed E-state index contributed by atoms with van der Waals surface area (Å²) in [4.78, 5) is 0. The molecule has 21 heavy (non-hydrogen) atoms. The standard InChI is InChI=1S/C19H27NO/c1-10-6-13-14(8-19(2,3)9-15(13)21)20(10)18-16-11-4-5-12(7-11)17(16)18/h6,11-12,15-18,21H,4-5,7-9H2,1-3H3. The molecule has 1 aromatic heterocycles. The molecule has 0 aromatic carbocycles. The van der Waals surface area contributed by atoms with Gasteiger partial charge in [0, 0.05) is 23.0 Å². The van der Waals surface area contributed by atoms with Crippen molar-refractivity contribution in [3.8, 4) is 0 Å². The molecule has 4 aliphatic rings. The number of hydrogen-bond acceptors (Lipinski definition) is 1. The zero-order valence-corrected chi connectivity index (χ0v) is 13.5. The van der Waals surface area contributed by atoms with Crippen LogP contribution < -0.4 is 0 Å². The van der Waals surface area contributed by atoms with Crippen molar-refractivity contribution in [3.05, 3.63) is 23.0 Å². The molecule has 1 heterocycles. The van der Waals surface area contributed by atoms with Gasteiger partial charge >= 0.3 is 0 Å². The second-order valence-corrected chi connectivity index (χ2v) is 9.10. The fraction of sp³-hybridized carbons (Fsp3) is 0.789. The Bertz CT molecular complexity index is 597. The molecule has 0 radical (unpaired) electrons. The molecule has 0 aliphatic heterocycles. The van der Waals surface area contributed by atoms with Gasteiger partial charge in [-0.1, -0.05) is 13.8 Å². The molecule has 5 rings (SSSR count). The van der Waals surface area contributed by atoms with Gasteiger partial charge in [-0.2, -0.15) is 0 Å². The van der Waals surface area contributed by atoms with Gasteiger partial charge in [-0.3, -0.25) is 0 Å². The predicted molar refractivity (Wildman–Crippen MR) is 83.1 cm³/mol. The van der Waals surface area contributed by atoms with Gasteiger partial charge in [0.2, 0.25) is 0 Å². The number of aryl methyl sites for hydroxylation is 1. The summed E-state index contributed by atoms with van der Waals surface area (Å²) < 4.78 is 2.67. The van der Waals surface area contributed by atoms with Crippen molar-refractivity contribution >= 4 is 0 Å². The van der Waals surface area contributed by atoms with Crippen molar-refractivity contribution in [1.29, 1.82) is 0 Å². The van der Waals surface area contributed by atoms with E-state index in [-0.39, 0.29) is 11.5 Å². The Hall–Kier alpha value is -0.760. The Morgan fingerprint density at radius 2 is 1.86 bits per heavy atom. The summed E-state index contributed by atoms with van der Waals surface area (Å²) in [5, 5.41) is 10.5. The van der Waals surface area contributed by atoms with Gasteiger partial charge in [0.15, 0.2) is 0 Å². The van der Waals surface area contributed by atoms with E-state index >= 15 is 0 Å². The number of aromatic nitrogens is 1. The number of aliphatic hydroxyl groups is 1. The molecule has 2 nitrogen and oxygen atoms in total. The van der Waals surface area contributed by atoms with Crippen LogP contribution in [0.15, 0.2) is 6.07 Å². The maximum absolute atomic E-state index is 10.5. The lowest BCUT2D eigenvalue weighted by atomic mass is 9.75. The fourth-order valence-corrected chi connectivity index (χ4v) is 6.40. The smallest absolute Gasteiger partial charge is 0.0812 e. The third-order valence-electron chi connectivity index (χ3n) is 7.11. The molecule has 5 unspecified atom stereocenters. The molecule has 0 amide bonds. The molecule has 2 heteroatoms. The van der Waals surface area contributed by atoms with Gasteiger partial charge in [-0.05, 0) is 74.2 Å². The van der Waals surface area contributed by atoms with E-state index in [2.05, 4.69) is 31.4 Å². The molecule has 0 spiro atoms. The van der Waals surface area contributed by atoms with Gasteiger partial charge in [0.05, 0.1) is 6.10 Å². The monoisotopic (exact) mass is 285 g/mol. The molecule has 3 fully saturated rings. The highest BCUT2D eigenvalue weighted by Crippen LogP contribution is 2.72. The minimum atomic E-state index is -0.251. The van der Waals surface area contributed by atoms with Crippen molar-refractivity contribution in [2.24, 2.45) is 29.1 Å². The van der Waals surface area contributed by atoms with E-state index in [4.69, 9.17) is 0 Å². The van der Waals surface area contributed by atoms with Crippen LogP contribution in [0.25, 0.3) is 0 Å². The summed E-state index contributed by atoms with van der Waals surface area (Å²) >= 11 is 0. The summed E-state index contributed by atoms with van der Waals surface area (Å²) in [5.74, 6) is 3.98. The highest BCUT2D eigenvalue weighted by molar-refractivity contribution is 5.36. The van der Waals surface area contributed by atoms with E-state index in [1.165, 1.54) is 36.2 Å². The lowest BCUT2D eigenvalue weighted by molar-refractivity contribution is 0.0977. The van der Waals surface area contributed by atoms with Gasteiger partial charge < -0.3 is 9.67 Å². The third-order valence-corrected chi connectivity index (χ3v) is 7.11. The van der Waals surface area contributed by atoms with Gasteiger partial charge in [0.1, 0.15) is 0 Å². The molecular formula is C19H27NO. The minimum absolute atomic E-state index is 0.234. The zero-order valence-electron chi connectivity index (χ0n) is 13.5. The Labute approximate surface area is 127 Å². The Kier molecular flexibility index (Phi) is 2.29. The van der Waals surface area contributed by atoms with E-state index in [0.717, 1.165) is 42.6 Å². The lowest BCUT2D eigenvalue weighted by Crippen LogP contribution is -2.27. The van der Waals surface area contributed by atoms with Crippen LogP contribution in [0.2, 0.25) is 0 Å². The molecule has 114 valence electrons. The highest BCUT2D eigenvalue weighted by Gasteiger charge is 2.66. The largest absolute Gasteiger partial charge is 0.388 e. The van der Waals surface area contributed by atoms with E-state index in [1.54, 1.807) is 0 Å². The Morgan fingerprint density at radius 3 is 2.52 bits per heavy atom. The average molecular weight is 285 g/mol. The molecule has 0 saturated heterocycles. The van der Waals surface area contributed by atoms with Crippen LogP contribution in [0.4, 0.5) is 0 Å². The average Bonchev–Trinajstić information content (AvgIpc) is 2.72. The van der Waals surface area contributed by atoms with Crippen molar-refractivity contribution in [3.63, 3.8) is 0 Å². The molecule has 1 N–H and O–H groups in total. The SMILES string of the molecule is Cc1cc2c(n1C1C3C4CCC(C4)C31)CC(C)(C)CC2O. The van der Waals surface area contributed by atoms with Crippen LogP contribution in [0, 0.1) is 36.0 Å². The first-order valence-corrected chi connectivity index (χ1v) is 8.85. The topological polar surface area (TPSA) is 25.2 Å². The number of aliphatic hydroxyl groups excluding tert-OH is 1.